The van der Waals surface area contributed by atoms with E-state index in [1.807, 2.05) is 0 Å². The molecule has 62 heavy (non-hydrogen) atoms. The van der Waals surface area contributed by atoms with E-state index in [2.05, 4.69) is 243 Å². The van der Waals surface area contributed by atoms with E-state index in [1.165, 1.54) is 43.6 Å². The summed E-state index contributed by atoms with van der Waals surface area (Å²) in [6.45, 7) is 0. The zero-order chi connectivity index (χ0) is 40.7. The van der Waals surface area contributed by atoms with E-state index in [4.69, 9.17) is 4.98 Å². The molecule has 5 heteroatoms. The predicted molar refractivity (Wildman–Crippen MR) is 257 cm³/mol. The van der Waals surface area contributed by atoms with Gasteiger partial charge in [0, 0.05) is 49.7 Å². The molecule has 9 aromatic carbocycles. The highest BCUT2D eigenvalue weighted by Gasteiger charge is 2.25. The maximum Gasteiger partial charge on any atom is 0.220 e. The van der Waals surface area contributed by atoms with Crippen molar-refractivity contribution in [2.75, 3.05) is 0 Å². The molecule has 0 fully saturated rings. The van der Waals surface area contributed by atoms with Crippen LogP contribution in [0.15, 0.2) is 224 Å². The normalized spacial score (nSPS) is 11.9. The van der Waals surface area contributed by atoms with E-state index >= 15 is 0 Å². The largest absolute Gasteiger partial charge is 0.309 e. The molecule has 0 unspecified atom stereocenters. The van der Waals surface area contributed by atoms with Crippen LogP contribution in [0, 0.1) is 0 Å². The molecular formula is C57H37N5. The molecule has 0 aliphatic carbocycles. The smallest absolute Gasteiger partial charge is 0.220 e. The average Bonchev–Trinajstić information content (AvgIpc) is 4.08. The Morgan fingerprint density at radius 3 is 1.26 bits per heavy atom. The third-order valence-corrected chi connectivity index (χ3v) is 12.6. The number of nitrogens with zero attached hydrogens (tertiary/aromatic N) is 5. The standard InChI is InChI=1S/C57H37N5/c1-5-17-38(18-6-1)55-56(41-31-33-52-48(36-41)46-26-14-16-28-50(46)60(52)43-21-9-3-10-22-43)62-54-37-40(30-34-53(54)61(57(62)58-55)44-23-11-4-12-24-44)39-29-32-51-47(35-39)45-25-13-15-27-49(45)59(51)42-19-7-2-8-20-42/h1-37H. The topological polar surface area (TPSA) is 32.1 Å². The molecular weight excluding hydrogens is 755 g/mol. The Hall–Kier alpha value is -8.41. The highest BCUT2D eigenvalue weighted by molar-refractivity contribution is 6.12. The van der Waals surface area contributed by atoms with E-state index in [-0.39, 0.29) is 0 Å². The number of aromatic nitrogens is 5. The van der Waals surface area contributed by atoms with Gasteiger partial charge in [-0.2, -0.15) is 0 Å². The van der Waals surface area contributed by atoms with Gasteiger partial charge in [-0.3, -0.25) is 8.97 Å². The Morgan fingerprint density at radius 2 is 0.694 bits per heavy atom. The summed E-state index contributed by atoms with van der Waals surface area (Å²) in [6.07, 6.45) is 0. The SMILES string of the molecule is c1ccc(-c2nc3n(-c4ccccc4)c4ccc(-c5ccc6c(c5)c5ccccc5n6-c5ccccc5)cc4n3c2-c2ccc3c(c2)c2ccccc2n3-c2ccccc2)cc1. The van der Waals surface area contributed by atoms with E-state index in [0.717, 1.165) is 67.5 Å². The van der Waals surface area contributed by atoms with Crippen LogP contribution in [0.2, 0.25) is 0 Å². The fourth-order valence-electron chi connectivity index (χ4n) is 9.84. The molecule has 290 valence electrons. The lowest BCUT2D eigenvalue weighted by Crippen LogP contribution is -1.94. The molecule has 0 radical (unpaired) electrons. The predicted octanol–water partition coefficient (Wildman–Crippen LogP) is 14.5. The highest BCUT2D eigenvalue weighted by atomic mass is 15.2. The molecule has 0 atom stereocenters. The van der Waals surface area contributed by atoms with Crippen molar-refractivity contribution in [2.24, 2.45) is 0 Å². The second-order valence-corrected chi connectivity index (χ2v) is 16.0. The first-order chi connectivity index (χ1) is 30.8. The lowest BCUT2D eigenvalue weighted by atomic mass is 10.0. The van der Waals surface area contributed by atoms with Crippen molar-refractivity contribution in [1.82, 2.24) is 23.1 Å². The molecule has 0 saturated heterocycles. The Morgan fingerprint density at radius 1 is 0.274 bits per heavy atom. The third kappa shape index (κ3) is 5.12. The number of hydrogen-bond donors (Lipinski definition) is 0. The van der Waals surface area contributed by atoms with E-state index in [9.17, 15) is 0 Å². The molecule has 13 rings (SSSR count). The van der Waals surface area contributed by atoms with E-state index in [0.29, 0.717) is 0 Å². The molecule has 0 N–H and O–H groups in total. The van der Waals surface area contributed by atoms with Crippen LogP contribution in [0.5, 0.6) is 0 Å². The van der Waals surface area contributed by atoms with Crippen LogP contribution >= 0.6 is 0 Å². The molecule has 4 heterocycles. The minimum atomic E-state index is 0.866. The minimum Gasteiger partial charge on any atom is -0.309 e. The molecule has 0 bridgehead atoms. The van der Waals surface area contributed by atoms with Crippen molar-refractivity contribution >= 4 is 60.4 Å². The Kier molecular flexibility index (Phi) is 7.54. The van der Waals surface area contributed by atoms with Gasteiger partial charge in [-0.15, -0.1) is 0 Å². The monoisotopic (exact) mass is 791 g/mol. The maximum atomic E-state index is 5.60. The lowest BCUT2D eigenvalue weighted by molar-refractivity contribution is 1.10. The molecule has 0 aliphatic rings. The van der Waals surface area contributed by atoms with Crippen LogP contribution in [-0.4, -0.2) is 23.1 Å². The average molecular weight is 792 g/mol. The molecule has 0 saturated carbocycles. The van der Waals surface area contributed by atoms with Gasteiger partial charge in [-0.05, 0) is 96.1 Å². The second kappa shape index (κ2) is 13.6. The van der Waals surface area contributed by atoms with Crippen molar-refractivity contribution < 1.29 is 0 Å². The quantitative estimate of drug-likeness (QED) is 0.165. The van der Waals surface area contributed by atoms with Gasteiger partial charge in [0.2, 0.25) is 5.78 Å². The zero-order valence-corrected chi connectivity index (χ0v) is 33.6. The molecule has 0 amide bonds. The molecule has 4 aromatic heterocycles. The first kappa shape index (κ1) is 34.5. The van der Waals surface area contributed by atoms with E-state index in [1.54, 1.807) is 0 Å². The van der Waals surface area contributed by atoms with Gasteiger partial charge in [0.05, 0.1) is 44.5 Å². The Labute approximate surface area is 357 Å². The van der Waals surface area contributed by atoms with Crippen molar-refractivity contribution in [3.05, 3.63) is 224 Å². The number of hydrogen-bond acceptors (Lipinski definition) is 1. The Balaban J connectivity index is 1.09. The summed E-state index contributed by atoms with van der Waals surface area (Å²) >= 11 is 0. The molecule has 5 nitrogen and oxygen atoms in total. The van der Waals surface area contributed by atoms with Gasteiger partial charge in [0.1, 0.15) is 0 Å². The van der Waals surface area contributed by atoms with Gasteiger partial charge in [0.15, 0.2) is 0 Å². The number of benzene rings is 9. The summed E-state index contributed by atoms with van der Waals surface area (Å²) in [5, 5.41) is 4.88. The maximum absolute atomic E-state index is 5.60. The molecule has 0 aliphatic heterocycles. The van der Waals surface area contributed by atoms with E-state index < -0.39 is 0 Å². The Bertz CT molecular complexity index is 3830. The van der Waals surface area contributed by atoms with Crippen LogP contribution in [-0.2, 0) is 0 Å². The summed E-state index contributed by atoms with van der Waals surface area (Å²) in [7, 11) is 0. The lowest BCUT2D eigenvalue weighted by Gasteiger charge is -2.10. The van der Waals surface area contributed by atoms with Gasteiger partial charge < -0.3 is 9.13 Å². The van der Waals surface area contributed by atoms with Crippen LogP contribution in [0.4, 0.5) is 0 Å². The van der Waals surface area contributed by atoms with Crippen LogP contribution < -0.4 is 0 Å². The number of para-hydroxylation sites is 5. The first-order valence-corrected chi connectivity index (χ1v) is 21.1. The first-order valence-electron chi connectivity index (χ1n) is 21.1. The van der Waals surface area contributed by atoms with Gasteiger partial charge in [0.25, 0.3) is 0 Å². The summed E-state index contributed by atoms with van der Waals surface area (Å²) < 4.78 is 9.45. The fraction of sp³-hybridized carbons (Fsp3) is 0. The minimum absolute atomic E-state index is 0.866. The number of imidazole rings is 2. The molecule has 13 aromatic rings. The second-order valence-electron chi connectivity index (χ2n) is 16.0. The van der Waals surface area contributed by atoms with Gasteiger partial charge >= 0.3 is 0 Å². The summed E-state index contributed by atoms with van der Waals surface area (Å²) in [5.41, 5.74) is 16.8. The van der Waals surface area contributed by atoms with Crippen LogP contribution in [0.1, 0.15) is 0 Å². The van der Waals surface area contributed by atoms with Crippen molar-refractivity contribution in [1.29, 1.82) is 0 Å². The van der Waals surface area contributed by atoms with Crippen LogP contribution in [0.25, 0.3) is 111 Å². The van der Waals surface area contributed by atoms with Crippen molar-refractivity contribution in [2.45, 2.75) is 0 Å². The molecule has 0 spiro atoms. The van der Waals surface area contributed by atoms with Crippen molar-refractivity contribution in [3.8, 4) is 50.7 Å². The van der Waals surface area contributed by atoms with Crippen molar-refractivity contribution in [3.63, 3.8) is 0 Å². The zero-order valence-electron chi connectivity index (χ0n) is 33.6. The summed E-state index contributed by atoms with van der Waals surface area (Å²) in [5.74, 6) is 0.866. The van der Waals surface area contributed by atoms with Gasteiger partial charge in [-0.1, -0.05) is 140 Å². The third-order valence-electron chi connectivity index (χ3n) is 12.6. The summed E-state index contributed by atoms with van der Waals surface area (Å²) in [6, 6.07) is 80.8. The fourth-order valence-corrected chi connectivity index (χ4v) is 9.84. The number of fused-ring (bicyclic) bond motifs is 9. The van der Waals surface area contributed by atoms with Gasteiger partial charge in [-0.25, -0.2) is 4.98 Å². The summed E-state index contributed by atoms with van der Waals surface area (Å²) in [4.78, 5) is 5.60. The number of rotatable bonds is 6. The highest BCUT2D eigenvalue weighted by Crippen LogP contribution is 2.42. The van der Waals surface area contributed by atoms with Crippen LogP contribution in [0.3, 0.4) is 0 Å².